The van der Waals surface area contributed by atoms with Crippen LogP contribution in [0.1, 0.15) is 45.9 Å². The number of thiazole rings is 1. The lowest BCUT2D eigenvalue weighted by molar-refractivity contribution is 0.203. The quantitative estimate of drug-likeness (QED) is 0.799. The minimum atomic E-state index is 0.136. The van der Waals surface area contributed by atoms with Gasteiger partial charge in [-0.3, -0.25) is 0 Å². The van der Waals surface area contributed by atoms with Gasteiger partial charge in [-0.15, -0.1) is 11.3 Å². The van der Waals surface area contributed by atoms with Crippen molar-refractivity contribution in [2.45, 2.75) is 59.2 Å². The normalized spacial score (nSPS) is 13.5. The Balaban J connectivity index is 2.70. The Labute approximate surface area is 127 Å². The predicted molar refractivity (Wildman–Crippen MR) is 87.7 cm³/mol. The molecule has 0 aliphatic rings. The average molecular weight is 299 g/mol. The van der Waals surface area contributed by atoms with Crippen molar-refractivity contribution in [3.05, 3.63) is 11.1 Å². The third-order valence-electron chi connectivity index (χ3n) is 3.24. The first-order valence-corrected chi connectivity index (χ1v) is 8.14. The van der Waals surface area contributed by atoms with Crippen LogP contribution in [0.25, 0.3) is 0 Å². The number of nitrogens with zero attached hydrogens (tertiary/aromatic N) is 2. The van der Waals surface area contributed by atoms with Crippen molar-refractivity contribution >= 4 is 16.5 Å². The summed E-state index contributed by atoms with van der Waals surface area (Å²) in [5.41, 5.74) is 0.136. The summed E-state index contributed by atoms with van der Waals surface area (Å²) in [6, 6.07) is 0.486. The molecule has 0 spiro atoms. The van der Waals surface area contributed by atoms with Crippen molar-refractivity contribution in [3.8, 4) is 0 Å². The second-order valence-electron chi connectivity index (χ2n) is 6.16. The van der Waals surface area contributed by atoms with Crippen LogP contribution < -0.4 is 10.2 Å². The number of ether oxygens (including phenoxy) is 1. The number of rotatable bonds is 8. The predicted octanol–water partition coefficient (Wildman–Crippen LogP) is 3.28. The lowest BCUT2D eigenvalue weighted by Gasteiger charge is -2.27. The molecule has 1 N–H and O–H groups in total. The summed E-state index contributed by atoms with van der Waals surface area (Å²) < 4.78 is 5.21. The van der Waals surface area contributed by atoms with Crippen LogP contribution in [0, 0.1) is 0 Å². The zero-order chi connectivity index (χ0) is 15.2. The molecule has 0 amide bonds. The fourth-order valence-corrected chi connectivity index (χ4v) is 2.76. The molecule has 1 rings (SSSR count). The fourth-order valence-electron chi connectivity index (χ4n) is 1.78. The van der Waals surface area contributed by atoms with E-state index in [0.29, 0.717) is 6.04 Å². The molecule has 4 nitrogen and oxygen atoms in total. The Morgan fingerprint density at radius 1 is 1.45 bits per heavy atom. The molecule has 0 radical (unpaired) electrons. The van der Waals surface area contributed by atoms with Crippen LogP contribution in [0.4, 0.5) is 5.13 Å². The zero-order valence-electron chi connectivity index (χ0n) is 13.7. The Hall–Kier alpha value is -0.650. The van der Waals surface area contributed by atoms with Crippen molar-refractivity contribution < 1.29 is 4.74 Å². The van der Waals surface area contributed by atoms with E-state index < -0.39 is 0 Å². The van der Waals surface area contributed by atoms with Gasteiger partial charge in [-0.1, -0.05) is 6.92 Å². The number of aromatic nitrogens is 1. The summed E-state index contributed by atoms with van der Waals surface area (Å²) in [4.78, 5) is 8.21. The minimum absolute atomic E-state index is 0.136. The molecule has 0 bridgehead atoms. The summed E-state index contributed by atoms with van der Waals surface area (Å²) in [5.74, 6) is 0. The van der Waals surface area contributed by atoms with E-state index in [4.69, 9.17) is 4.74 Å². The highest BCUT2D eigenvalue weighted by molar-refractivity contribution is 7.15. The van der Waals surface area contributed by atoms with E-state index in [-0.39, 0.29) is 5.54 Å². The molecule has 1 heterocycles. The van der Waals surface area contributed by atoms with Crippen molar-refractivity contribution in [3.63, 3.8) is 0 Å². The van der Waals surface area contributed by atoms with Crippen LogP contribution in [0.5, 0.6) is 0 Å². The third kappa shape index (κ3) is 5.77. The molecule has 0 aromatic carbocycles. The minimum Gasteiger partial charge on any atom is -0.383 e. The summed E-state index contributed by atoms with van der Waals surface area (Å²) in [7, 11) is 1.75. The van der Waals surface area contributed by atoms with Crippen LogP contribution >= 0.6 is 11.3 Å². The summed E-state index contributed by atoms with van der Waals surface area (Å²) in [5, 5.41) is 4.60. The zero-order valence-corrected chi connectivity index (χ0v) is 14.5. The number of hydrogen-bond donors (Lipinski definition) is 1. The maximum absolute atomic E-state index is 5.21. The lowest BCUT2D eigenvalue weighted by atomic mass is 10.1. The van der Waals surface area contributed by atoms with Crippen LogP contribution in [0.2, 0.25) is 0 Å². The van der Waals surface area contributed by atoms with Gasteiger partial charge in [0.2, 0.25) is 0 Å². The molecule has 20 heavy (non-hydrogen) atoms. The first-order chi connectivity index (χ1) is 9.37. The summed E-state index contributed by atoms with van der Waals surface area (Å²) >= 11 is 1.77. The molecule has 5 heteroatoms. The van der Waals surface area contributed by atoms with Crippen LogP contribution in [-0.2, 0) is 11.3 Å². The van der Waals surface area contributed by atoms with E-state index in [0.717, 1.165) is 31.2 Å². The van der Waals surface area contributed by atoms with Gasteiger partial charge in [0.25, 0.3) is 0 Å². The number of nitrogens with one attached hydrogen (secondary N) is 1. The van der Waals surface area contributed by atoms with E-state index >= 15 is 0 Å². The number of methoxy groups -OCH3 is 1. The van der Waals surface area contributed by atoms with Gasteiger partial charge in [0, 0.05) is 42.9 Å². The van der Waals surface area contributed by atoms with Gasteiger partial charge < -0.3 is 15.0 Å². The molecule has 116 valence electrons. The van der Waals surface area contributed by atoms with Crippen LogP contribution in [0.3, 0.4) is 0 Å². The second kappa shape index (κ2) is 7.96. The van der Waals surface area contributed by atoms with Crippen molar-refractivity contribution in [1.29, 1.82) is 0 Å². The second-order valence-corrected chi connectivity index (χ2v) is 7.25. The van der Waals surface area contributed by atoms with Crippen LogP contribution in [-0.4, -0.2) is 36.8 Å². The molecule has 0 fully saturated rings. The molecule has 0 aliphatic carbocycles. The Bertz CT molecular complexity index is 387. The lowest BCUT2D eigenvalue weighted by Crippen LogP contribution is -2.35. The molecule has 1 aromatic rings. The van der Waals surface area contributed by atoms with E-state index in [1.54, 1.807) is 18.4 Å². The van der Waals surface area contributed by atoms with Crippen molar-refractivity contribution in [2.75, 3.05) is 25.2 Å². The van der Waals surface area contributed by atoms with Crippen molar-refractivity contribution in [1.82, 2.24) is 10.3 Å². The largest absolute Gasteiger partial charge is 0.383 e. The van der Waals surface area contributed by atoms with Gasteiger partial charge in [-0.25, -0.2) is 4.98 Å². The molecular formula is C15H29N3OS. The maximum Gasteiger partial charge on any atom is 0.185 e. The van der Waals surface area contributed by atoms with E-state index in [1.165, 1.54) is 4.88 Å². The van der Waals surface area contributed by atoms with E-state index in [1.807, 2.05) is 6.20 Å². The topological polar surface area (TPSA) is 37.4 Å². The van der Waals surface area contributed by atoms with Gasteiger partial charge in [0.05, 0.1) is 6.61 Å². The smallest absolute Gasteiger partial charge is 0.185 e. The van der Waals surface area contributed by atoms with Gasteiger partial charge >= 0.3 is 0 Å². The standard InChI is InChI=1S/C15H29N3OS/c1-7-12(2)18(8-9-19-6)14-16-10-13(20-14)11-17-15(3,4)5/h10,12,17H,7-9,11H2,1-6H3. The molecule has 1 unspecified atom stereocenters. The molecule has 1 aromatic heterocycles. The summed E-state index contributed by atoms with van der Waals surface area (Å²) in [6.45, 7) is 13.5. The first kappa shape index (κ1) is 17.4. The molecule has 0 saturated heterocycles. The molecule has 1 atom stereocenters. The fraction of sp³-hybridized carbons (Fsp3) is 0.800. The first-order valence-electron chi connectivity index (χ1n) is 7.32. The highest BCUT2D eigenvalue weighted by Crippen LogP contribution is 2.25. The monoisotopic (exact) mass is 299 g/mol. The number of hydrogen-bond acceptors (Lipinski definition) is 5. The molecule has 0 aliphatic heterocycles. The van der Waals surface area contributed by atoms with Gasteiger partial charge in [0.15, 0.2) is 5.13 Å². The summed E-state index contributed by atoms with van der Waals surface area (Å²) in [6.07, 6.45) is 3.10. The van der Waals surface area contributed by atoms with Gasteiger partial charge in [-0.05, 0) is 34.1 Å². The van der Waals surface area contributed by atoms with E-state index in [9.17, 15) is 0 Å². The molecule has 0 saturated carbocycles. The van der Waals surface area contributed by atoms with Crippen LogP contribution in [0.15, 0.2) is 6.20 Å². The Kier molecular flexibility index (Phi) is 6.92. The highest BCUT2D eigenvalue weighted by Gasteiger charge is 2.17. The maximum atomic E-state index is 5.21. The van der Waals surface area contributed by atoms with Gasteiger partial charge in [0.1, 0.15) is 0 Å². The third-order valence-corrected chi connectivity index (χ3v) is 4.27. The van der Waals surface area contributed by atoms with E-state index in [2.05, 4.69) is 49.8 Å². The van der Waals surface area contributed by atoms with Crippen molar-refractivity contribution in [2.24, 2.45) is 0 Å². The Morgan fingerprint density at radius 3 is 2.70 bits per heavy atom. The SMILES string of the molecule is CCC(C)N(CCOC)c1ncc(CNC(C)(C)C)s1. The average Bonchev–Trinajstić information content (AvgIpc) is 2.84. The van der Waals surface area contributed by atoms with Gasteiger partial charge in [-0.2, -0.15) is 0 Å². The highest BCUT2D eigenvalue weighted by atomic mass is 32.1. The number of anilines is 1. The Morgan fingerprint density at radius 2 is 2.15 bits per heavy atom. The molecular weight excluding hydrogens is 270 g/mol.